The molecule has 1 fully saturated rings. The fourth-order valence-corrected chi connectivity index (χ4v) is 4.49. The standard InChI is InChI=1S/C24H30N2O4/c1-15(16-7-5-4-6-8-16)25-23(28)13-18-12-20-19-11-17(26(2)3)9-10-21(19)30-24(20)22(14-27)29-18/h4-11,15,18,20,22,24,27H,12-14H2,1-3H3,(H,25,28)/t15-,18+,20-,22-,24+/m0/s1. The Kier molecular flexibility index (Phi) is 5.97. The molecule has 2 N–H and O–H groups in total. The second-order valence-electron chi connectivity index (χ2n) is 8.42. The Morgan fingerprint density at radius 1 is 1.23 bits per heavy atom. The quantitative estimate of drug-likeness (QED) is 0.766. The van der Waals surface area contributed by atoms with E-state index >= 15 is 0 Å². The molecule has 0 spiro atoms. The molecule has 2 aliphatic rings. The van der Waals surface area contributed by atoms with Crippen LogP contribution < -0.4 is 15.0 Å². The van der Waals surface area contributed by atoms with Crippen LogP contribution in [0.4, 0.5) is 5.69 Å². The van der Waals surface area contributed by atoms with Crippen LogP contribution in [0.1, 0.15) is 42.9 Å². The number of aliphatic hydroxyl groups is 1. The molecule has 4 rings (SSSR count). The molecule has 2 aliphatic heterocycles. The largest absolute Gasteiger partial charge is 0.487 e. The molecule has 6 heteroatoms. The molecule has 160 valence electrons. The summed E-state index contributed by atoms with van der Waals surface area (Å²) >= 11 is 0. The Labute approximate surface area is 177 Å². The number of benzene rings is 2. The molecule has 0 aromatic heterocycles. The number of fused-ring (bicyclic) bond motifs is 3. The predicted octanol–water partition coefficient (Wildman–Crippen LogP) is 3.01. The van der Waals surface area contributed by atoms with E-state index in [-0.39, 0.29) is 43.1 Å². The predicted molar refractivity (Wildman–Crippen MR) is 116 cm³/mol. The maximum atomic E-state index is 12.7. The van der Waals surface area contributed by atoms with Crippen LogP contribution in [0.3, 0.4) is 0 Å². The number of rotatable bonds is 6. The summed E-state index contributed by atoms with van der Waals surface area (Å²) in [7, 11) is 4.02. The molecule has 6 nitrogen and oxygen atoms in total. The maximum Gasteiger partial charge on any atom is 0.223 e. The molecular weight excluding hydrogens is 380 g/mol. The molecule has 2 aromatic rings. The van der Waals surface area contributed by atoms with E-state index in [0.29, 0.717) is 6.42 Å². The highest BCUT2D eigenvalue weighted by Gasteiger charge is 2.46. The van der Waals surface area contributed by atoms with Crippen molar-refractivity contribution in [3.05, 3.63) is 59.7 Å². The third kappa shape index (κ3) is 4.16. The van der Waals surface area contributed by atoms with E-state index in [0.717, 1.165) is 22.6 Å². The molecule has 30 heavy (non-hydrogen) atoms. The van der Waals surface area contributed by atoms with Gasteiger partial charge < -0.3 is 24.8 Å². The molecule has 2 heterocycles. The number of anilines is 1. The van der Waals surface area contributed by atoms with Crippen LogP contribution in [-0.2, 0) is 9.53 Å². The number of nitrogens with zero attached hydrogens (tertiary/aromatic N) is 1. The zero-order valence-electron chi connectivity index (χ0n) is 17.7. The zero-order chi connectivity index (χ0) is 21.3. The Bertz CT molecular complexity index is 886. The SMILES string of the molecule is C[C@H](NC(=O)C[C@H]1C[C@H]2c3cc(N(C)C)ccc3O[C@H]2[C@H](CO)O1)c1ccccc1. The summed E-state index contributed by atoms with van der Waals surface area (Å²) in [5.74, 6) is 0.906. The van der Waals surface area contributed by atoms with Crippen molar-refractivity contribution in [2.45, 2.75) is 50.0 Å². The van der Waals surface area contributed by atoms with Gasteiger partial charge in [-0.3, -0.25) is 4.79 Å². The smallest absolute Gasteiger partial charge is 0.223 e. The monoisotopic (exact) mass is 410 g/mol. The van der Waals surface area contributed by atoms with E-state index in [1.54, 1.807) is 0 Å². The van der Waals surface area contributed by atoms with Gasteiger partial charge in [0, 0.05) is 31.3 Å². The van der Waals surface area contributed by atoms with Crippen molar-refractivity contribution in [3.8, 4) is 5.75 Å². The Balaban J connectivity index is 1.45. The number of carbonyl (C=O) groups excluding carboxylic acids is 1. The number of carbonyl (C=O) groups is 1. The van der Waals surface area contributed by atoms with Crippen molar-refractivity contribution in [2.75, 3.05) is 25.6 Å². The van der Waals surface area contributed by atoms with Crippen molar-refractivity contribution in [3.63, 3.8) is 0 Å². The van der Waals surface area contributed by atoms with Crippen LogP contribution in [-0.4, -0.2) is 50.0 Å². The third-order valence-corrected chi connectivity index (χ3v) is 6.09. The van der Waals surface area contributed by atoms with E-state index in [2.05, 4.69) is 16.3 Å². The molecule has 1 saturated heterocycles. The van der Waals surface area contributed by atoms with Gasteiger partial charge in [0.15, 0.2) is 0 Å². The van der Waals surface area contributed by atoms with Crippen LogP contribution in [0.2, 0.25) is 0 Å². The first-order chi connectivity index (χ1) is 14.5. The molecule has 2 aromatic carbocycles. The highest BCUT2D eigenvalue weighted by atomic mass is 16.6. The maximum absolute atomic E-state index is 12.7. The van der Waals surface area contributed by atoms with Gasteiger partial charge in [0.05, 0.1) is 25.2 Å². The van der Waals surface area contributed by atoms with Crippen molar-refractivity contribution < 1.29 is 19.4 Å². The summed E-state index contributed by atoms with van der Waals surface area (Å²) in [4.78, 5) is 14.7. The second kappa shape index (κ2) is 8.66. The van der Waals surface area contributed by atoms with Crippen molar-refractivity contribution in [1.82, 2.24) is 5.32 Å². The molecule has 0 aliphatic carbocycles. The van der Waals surface area contributed by atoms with E-state index in [9.17, 15) is 9.90 Å². The summed E-state index contributed by atoms with van der Waals surface area (Å²) in [6.45, 7) is 1.85. The average molecular weight is 411 g/mol. The fourth-order valence-electron chi connectivity index (χ4n) is 4.49. The normalized spacial score (nSPS) is 25.6. The van der Waals surface area contributed by atoms with Gasteiger partial charge in [0.25, 0.3) is 0 Å². The minimum absolute atomic E-state index is 0.0485. The number of hydrogen-bond donors (Lipinski definition) is 2. The van der Waals surface area contributed by atoms with Gasteiger partial charge in [-0.1, -0.05) is 30.3 Å². The number of amides is 1. The van der Waals surface area contributed by atoms with Gasteiger partial charge in [-0.2, -0.15) is 0 Å². The van der Waals surface area contributed by atoms with Crippen molar-refractivity contribution in [2.24, 2.45) is 0 Å². The third-order valence-electron chi connectivity index (χ3n) is 6.09. The topological polar surface area (TPSA) is 71.0 Å². The lowest BCUT2D eigenvalue weighted by molar-refractivity contribution is -0.142. The van der Waals surface area contributed by atoms with Crippen LogP contribution in [0, 0.1) is 0 Å². The van der Waals surface area contributed by atoms with Gasteiger partial charge in [0.1, 0.15) is 18.0 Å². The lowest BCUT2D eigenvalue weighted by Crippen LogP contribution is -2.47. The van der Waals surface area contributed by atoms with E-state index in [4.69, 9.17) is 9.47 Å². The molecule has 1 amide bonds. The van der Waals surface area contributed by atoms with E-state index in [1.807, 2.05) is 63.5 Å². The average Bonchev–Trinajstić information content (AvgIpc) is 3.11. The van der Waals surface area contributed by atoms with Crippen LogP contribution in [0.15, 0.2) is 48.5 Å². The summed E-state index contributed by atoms with van der Waals surface area (Å²) in [6.07, 6.45) is 0.0369. The van der Waals surface area contributed by atoms with Crippen molar-refractivity contribution in [1.29, 1.82) is 0 Å². The zero-order valence-corrected chi connectivity index (χ0v) is 17.7. The summed E-state index contributed by atoms with van der Waals surface area (Å²) in [6, 6.07) is 16.0. The summed E-state index contributed by atoms with van der Waals surface area (Å²) in [5.41, 5.74) is 3.31. The molecule has 0 unspecified atom stereocenters. The molecule has 0 radical (unpaired) electrons. The fraction of sp³-hybridized carbons (Fsp3) is 0.458. The van der Waals surface area contributed by atoms with Crippen LogP contribution in [0.5, 0.6) is 5.75 Å². The van der Waals surface area contributed by atoms with Gasteiger partial charge in [0.2, 0.25) is 5.91 Å². The second-order valence-corrected chi connectivity index (χ2v) is 8.42. The minimum Gasteiger partial charge on any atom is -0.487 e. The molecule has 0 bridgehead atoms. The van der Waals surface area contributed by atoms with Gasteiger partial charge in [-0.15, -0.1) is 0 Å². The number of aliphatic hydroxyl groups excluding tert-OH is 1. The first kappa shape index (κ1) is 20.7. The lowest BCUT2D eigenvalue weighted by Gasteiger charge is -2.37. The molecule has 0 saturated carbocycles. The van der Waals surface area contributed by atoms with E-state index < -0.39 is 6.10 Å². The van der Waals surface area contributed by atoms with Gasteiger partial charge in [-0.25, -0.2) is 0 Å². The van der Waals surface area contributed by atoms with Crippen LogP contribution in [0.25, 0.3) is 0 Å². The first-order valence-electron chi connectivity index (χ1n) is 10.5. The Morgan fingerprint density at radius 3 is 2.70 bits per heavy atom. The highest BCUT2D eigenvalue weighted by molar-refractivity contribution is 5.77. The van der Waals surface area contributed by atoms with Gasteiger partial charge >= 0.3 is 0 Å². The first-order valence-corrected chi connectivity index (χ1v) is 10.5. The number of ether oxygens (including phenoxy) is 2. The Morgan fingerprint density at radius 2 is 2.00 bits per heavy atom. The van der Waals surface area contributed by atoms with Crippen LogP contribution >= 0.6 is 0 Å². The molecular formula is C24H30N2O4. The summed E-state index contributed by atoms with van der Waals surface area (Å²) in [5, 5.41) is 13.0. The number of nitrogens with one attached hydrogen (secondary N) is 1. The van der Waals surface area contributed by atoms with Gasteiger partial charge in [-0.05, 0) is 37.1 Å². The minimum atomic E-state index is -0.441. The number of hydrogen-bond acceptors (Lipinski definition) is 5. The lowest BCUT2D eigenvalue weighted by atomic mass is 9.84. The molecule has 5 atom stereocenters. The van der Waals surface area contributed by atoms with E-state index in [1.165, 1.54) is 0 Å². The van der Waals surface area contributed by atoms with Crippen molar-refractivity contribution >= 4 is 11.6 Å². The highest BCUT2D eigenvalue weighted by Crippen LogP contribution is 2.47. The Hall–Kier alpha value is -2.57. The summed E-state index contributed by atoms with van der Waals surface area (Å²) < 4.78 is 12.2.